The third kappa shape index (κ3) is 2.39. The molecule has 0 atom stereocenters. The highest BCUT2D eigenvalue weighted by Gasteiger charge is 2.09. The van der Waals surface area contributed by atoms with Gasteiger partial charge in [-0.25, -0.2) is 4.98 Å². The minimum Gasteiger partial charge on any atom is -0.336 e. The fourth-order valence-electron chi connectivity index (χ4n) is 2.06. The lowest BCUT2D eigenvalue weighted by Gasteiger charge is -2.04. The Morgan fingerprint density at radius 2 is 1.94 bits per heavy atom. The number of nitrogens with two attached hydrogens (primary N) is 1. The van der Waals surface area contributed by atoms with Crippen LogP contribution in [0.1, 0.15) is 24.6 Å². The first-order valence-electron chi connectivity index (χ1n) is 6.05. The topological polar surface area (TPSA) is 43.8 Å². The van der Waals surface area contributed by atoms with E-state index in [0.29, 0.717) is 6.54 Å². The maximum absolute atomic E-state index is 5.75. The van der Waals surface area contributed by atoms with Crippen LogP contribution in [0.25, 0.3) is 11.3 Å². The van der Waals surface area contributed by atoms with E-state index < -0.39 is 0 Å². The van der Waals surface area contributed by atoms with E-state index in [2.05, 4.69) is 36.2 Å². The van der Waals surface area contributed by atoms with Crippen LogP contribution in [0.2, 0.25) is 0 Å². The summed E-state index contributed by atoms with van der Waals surface area (Å²) in [5.74, 6) is 0. The molecule has 0 radical (unpaired) electrons. The van der Waals surface area contributed by atoms with Crippen molar-refractivity contribution in [2.75, 3.05) is 0 Å². The molecule has 1 heterocycles. The van der Waals surface area contributed by atoms with Crippen LogP contribution in [0, 0.1) is 0 Å². The summed E-state index contributed by atoms with van der Waals surface area (Å²) in [7, 11) is 1.98. The fraction of sp³-hybridized carbons (Fsp3) is 0.357. The Kier molecular flexibility index (Phi) is 3.59. The van der Waals surface area contributed by atoms with Gasteiger partial charge in [0.15, 0.2) is 0 Å². The van der Waals surface area contributed by atoms with E-state index in [-0.39, 0.29) is 0 Å². The third-order valence-corrected chi connectivity index (χ3v) is 3.02. The Hall–Kier alpha value is -1.61. The molecule has 0 aliphatic carbocycles. The summed E-state index contributed by atoms with van der Waals surface area (Å²) < 4.78 is 1.98. The van der Waals surface area contributed by atoms with E-state index in [1.165, 1.54) is 12.0 Å². The Morgan fingerprint density at radius 3 is 2.53 bits per heavy atom. The van der Waals surface area contributed by atoms with Gasteiger partial charge in [0, 0.05) is 19.2 Å². The molecular formula is C14H19N3. The molecular weight excluding hydrogens is 210 g/mol. The van der Waals surface area contributed by atoms with E-state index in [1.54, 1.807) is 0 Å². The van der Waals surface area contributed by atoms with Crippen molar-refractivity contribution in [2.24, 2.45) is 12.8 Å². The van der Waals surface area contributed by atoms with Gasteiger partial charge in [-0.3, -0.25) is 0 Å². The zero-order valence-corrected chi connectivity index (χ0v) is 10.5. The smallest absolute Gasteiger partial charge is 0.0953 e. The summed E-state index contributed by atoms with van der Waals surface area (Å²) in [5, 5.41) is 0. The molecule has 0 spiro atoms. The van der Waals surface area contributed by atoms with Crippen molar-refractivity contribution >= 4 is 0 Å². The second kappa shape index (κ2) is 5.15. The molecule has 0 amide bonds. The van der Waals surface area contributed by atoms with Crippen LogP contribution in [0.15, 0.2) is 30.6 Å². The van der Waals surface area contributed by atoms with Crippen molar-refractivity contribution in [3.05, 3.63) is 41.9 Å². The predicted octanol–water partition coefficient (Wildman–Crippen LogP) is 2.50. The van der Waals surface area contributed by atoms with Gasteiger partial charge in [-0.2, -0.15) is 0 Å². The molecule has 1 aromatic carbocycles. The molecule has 3 heteroatoms. The summed E-state index contributed by atoms with van der Waals surface area (Å²) >= 11 is 0. The maximum atomic E-state index is 5.75. The largest absolute Gasteiger partial charge is 0.336 e. The molecule has 0 aliphatic heterocycles. The molecule has 90 valence electrons. The zero-order valence-electron chi connectivity index (χ0n) is 10.5. The lowest BCUT2D eigenvalue weighted by atomic mass is 10.0. The molecule has 2 N–H and O–H groups in total. The molecule has 0 unspecified atom stereocenters. The van der Waals surface area contributed by atoms with Crippen molar-refractivity contribution in [2.45, 2.75) is 26.3 Å². The summed E-state index contributed by atoms with van der Waals surface area (Å²) in [6.45, 7) is 2.71. The predicted molar refractivity (Wildman–Crippen MR) is 70.5 cm³/mol. The monoisotopic (exact) mass is 229 g/mol. The maximum Gasteiger partial charge on any atom is 0.0953 e. The van der Waals surface area contributed by atoms with Gasteiger partial charge >= 0.3 is 0 Å². The Labute approximate surface area is 102 Å². The summed E-state index contributed by atoms with van der Waals surface area (Å²) in [6.07, 6.45) is 4.13. The van der Waals surface area contributed by atoms with Gasteiger partial charge in [-0.1, -0.05) is 37.6 Å². The highest BCUT2D eigenvalue weighted by molar-refractivity contribution is 5.62. The van der Waals surface area contributed by atoms with Gasteiger partial charge in [-0.15, -0.1) is 0 Å². The second-order valence-electron chi connectivity index (χ2n) is 4.30. The average molecular weight is 229 g/mol. The quantitative estimate of drug-likeness (QED) is 0.875. The van der Waals surface area contributed by atoms with E-state index in [4.69, 9.17) is 5.73 Å². The Morgan fingerprint density at radius 1 is 1.24 bits per heavy atom. The number of hydrogen-bond donors (Lipinski definition) is 1. The number of hydrogen-bond acceptors (Lipinski definition) is 2. The molecule has 0 saturated carbocycles. The van der Waals surface area contributed by atoms with Gasteiger partial charge < -0.3 is 10.3 Å². The normalized spacial score (nSPS) is 10.8. The van der Waals surface area contributed by atoms with Gasteiger partial charge in [-0.05, 0) is 12.0 Å². The van der Waals surface area contributed by atoms with Crippen molar-refractivity contribution in [1.82, 2.24) is 9.55 Å². The number of imidazole rings is 1. The standard InChI is InChI=1S/C14H19N3/c1-3-4-11-5-7-12(8-6-11)14-13(9-15)17(2)10-16-14/h5-8,10H,3-4,9,15H2,1-2H3. The van der Waals surface area contributed by atoms with Gasteiger partial charge in [0.25, 0.3) is 0 Å². The number of benzene rings is 1. The zero-order chi connectivity index (χ0) is 12.3. The van der Waals surface area contributed by atoms with Crippen LogP contribution in [0.5, 0.6) is 0 Å². The molecule has 0 fully saturated rings. The van der Waals surface area contributed by atoms with E-state index in [0.717, 1.165) is 23.4 Å². The second-order valence-corrected chi connectivity index (χ2v) is 4.30. The summed E-state index contributed by atoms with van der Waals surface area (Å²) in [5.41, 5.74) is 10.3. The average Bonchev–Trinajstić information content (AvgIpc) is 2.72. The minimum atomic E-state index is 0.516. The van der Waals surface area contributed by atoms with Crippen molar-refractivity contribution in [3.8, 4) is 11.3 Å². The van der Waals surface area contributed by atoms with Crippen LogP contribution >= 0.6 is 0 Å². The van der Waals surface area contributed by atoms with Crippen molar-refractivity contribution in [1.29, 1.82) is 0 Å². The van der Waals surface area contributed by atoms with E-state index in [1.807, 2.05) is 17.9 Å². The van der Waals surface area contributed by atoms with Crippen LogP contribution in [0.3, 0.4) is 0 Å². The van der Waals surface area contributed by atoms with Crippen molar-refractivity contribution < 1.29 is 0 Å². The van der Waals surface area contributed by atoms with E-state index in [9.17, 15) is 0 Å². The number of aryl methyl sites for hydroxylation is 2. The molecule has 2 aromatic rings. The van der Waals surface area contributed by atoms with Gasteiger partial charge in [0.2, 0.25) is 0 Å². The Bertz CT molecular complexity index is 483. The molecule has 2 rings (SSSR count). The minimum absolute atomic E-state index is 0.516. The molecule has 0 aliphatic rings. The SMILES string of the molecule is CCCc1ccc(-c2ncn(C)c2CN)cc1. The summed E-state index contributed by atoms with van der Waals surface area (Å²) in [4.78, 5) is 4.42. The highest BCUT2D eigenvalue weighted by atomic mass is 15.0. The molecule has 17 heavy (non-hydrogen) atoms. The van der Waals surface area contributed by atoms with Crippen LogP contribution in [0.4, 0.5) is 0 Å². The summed E-state index contributed by atoms with van der Waals surface area (Å²) in [6, 6.07) is 8.61. The van der Waals surface area contributed by atoms with Crippen LogP contribution in [-0.2, 0) is 20.0 Å². The van der Waals surface area contributed by atoms with Crippen LogP contribution in [-0.4, -0.2) is 9.55 Å². The first-order valence-corrected chi connectivity index (χ1v) is 6.05. The molecule has 0 saturated heterocycles. The number of aromatic nitrogens is 2. The van der Waals surface area contributed by atoms with Crippen molar-refractivity contribution in [3.63, 3.8) is 0 Å². The molecule has 0 bridgehead atoms. The Balaban J connectivity index is 2.33. The first-order chi connectivity index (χ1) is 8.26. The van der Waals surface area contributed by atoms with Gasteiger partial charge in [0.05, 0.1) is 17.7 Å². The number of nitrogens with zero attached hydrogens (tertiary/aromatic N) is 2. The van der Waals surface area contributed by atoms with Crippen LogP contribution < -0.4 is 5.73 Å². The molecule has 1 aromatic heterocycles. The van der Waals surface area contributed by atoms with Gasteiger partial charge in [0.1, 0.15) is 0 Å². The van der Waals surface area contributed by atoms with E-state index >= 15 is 0 Å². The third-order valence-electron chi connectivity index (χ3n) is 3.02. The lowest BCUT2D eigenvalue weighted by molar-refractivity contribution is 0.821. The molecule has 3 nitrogen and oxygen atoms in total. The fourth-order valence-corrected chi connectivity index (χ4v) is 2.06. The number of rotatable bonds is 4. The highest BCUT2D eigenvalue weighted by Crippen LogP contribution is 2.22. The lowest BCUT2D eigenvalue weighted by Crippen LogP contribution is -2.04. The first kappa shape index (κ1) is 11.9.